The normalized spacial score (nSPS) is 9.88. The van der Waals surface area contributed by atoms with Gasteiger partial charge in [-0.2, -0.15) is 0 Å². The summed E-state index contributed by atoms with van der Waals surface area (Å²) in [7, 11) is 0. The van der Waals surface area contributed by atoms with Gasteiger partial charge in [0.25, 0.3) is 0 Å². The molecule has 0 radical (unpaired) electrons. The van der Waals surface area contributed by atoms with E-state index in [-0.39, 0.29) is 17.5 Å². The highest BCUT2D eigenvalue weighted by Crippen LogP contribution is 2.15. The van der Waals surface area contributed by atoms with Gasteiger partial charge in [-0.05, 0) is 18.6 Å². The summed E-state index contributed by atoms with van der Waals surface area (Å²) in [5.74, 6) is -0.0877. The number of carbonyl (C=O) groups is 1. The molecule has 1 amide bonds. The van der Waals surface area contributed by atoms with Gasteiger partial charge in [0.15, 0.2) is 11.6 Å². The first-order valence-corrected chi connectivity index (χ1v) is 5.38. The van der Waals surface area contributed by atoms with E-state index < -0.39 is 0 Å². The number of carbonyl (C=O) groups excluding carboxylic acids is 1. The van der Waals surface area contributed by atoms with Gasteiger partial charge >= 0.3 is 0 Å². The van der Waals surface area contributed by atoms with E-state index in [4.69, 9.17) is 4.74 Å². The Morgan fingerprint density at radius 1 is 1.44 bits per heavy atom. The molecule has 1 aromatic carbocycles. The maximum atomic E-state index is 13.1. The smallest absolute Gasteiger partial charge is 0.219 e. The Bertz CT molecular complexity index is 342. The van der Waals surface area contributed by atoms with Crippen molar-refractivity contribution in [1.82, 2.24) is 5.32 Å². The van der Waals surface area contributed by atoms with Gasteiger partial charge in [-0.15, -0.1) is 0 Å². The van der Waals surface area contributed by atoms with Crippen LogP contribution in [0.4, 0.5) is 4.39 Å². The van der Waals surface area contributed by atoms with E-state index in [0.717, 1.165) is 0 Å². The summed E-state index contributed by atoms with van der Waals surface area (Å²) in [6.07, 6.45) is 1.15. The van der Waals surface area contributed by atoms with E-state index in [0.29, 0.717) is 26.0 Å². The first kappa shape index (κ1) is 12.5. The molecule has 0 aliphatic rings. The number of nitrogens with one attached hydrogen (secondary N) is 1. The predicted octanol–water partition coefficient (Wildman–Crippen LogP) is 2.12. The monoisotopic (exact) mass is 225 g/mol. The van der Waals surface area contributed by atoms with Crippen LogP contribution in [0.15, 0.2) is 24.3 Å². The average Bonchev–Trinajstić information content (AvgIpc) is 2.30. The molecule has 0 spiro atoms. The number of amides is 1. The number of rotatable bonds is 6. The number of ether oxygens (including phenoxy) is 1. The molecule has 0 atom stereocenters. The lowest BCUT2D eigenvalue weighted by Crippen LogP contribution is -2.24. The third-order valence-electron chi connectivity index (χ3n) is 2.06. The van der Waals surface area contributed by atoms with E-state index in [2.05, 4.69) is 5.32 Å². The maximum absolute atomic E-state index is 13.1. The number of benzene rings is 1. The Hall–Kier alpha value is -1.58. The minimum Gasteiger partial charge on any atom is -0.490 e. The van der Waals surface area contributed by atoms with Crippen LogP contribution < -0.4 is 10.1 Å². The van der Waals surface area contributed by atoms with E-state index in [9.17, 15) is 9.18 Å². The molecular weight excluding hydrogens is 209 g/mol. The standard InChI is InChI=1S/C12H16FNO2/c1-2-12(15)14-8-5-9-16-11-7-4-3-6-10(11)13/h3-4,6-7H,2,5,8-9H2,1H3,(H,14,15). The van der Waals surface area contributed by atoms with Gasteiger partial charge in [-0.25, -0.2) is 4.39 Å². The lowest BCUT2D eigenvalue weighted by Gasteiger charge is -2.07. The highest BCUT2D eigenvalue weighted by molar-refractivity contribution is 5.75. The first-order chi connectivity index (χ1) is 7.74. The lowest BCUT2D eigenvalue weighted by molar-refractivity contribution is -0.120. The molecule has 1 rings (SSSR count). The van der Waals surface area contributed by atoms with Crippen molar-refractivity contribution in [1.29, 1.82) is 0 Å². The number of hydrogen-bond donors (Lipinski definition) is 1. The number of halogens is 1. The third-order valence-corrected chi connectivity index (χ3v) is 2.06. The fourth-order valence-corrected chi connectivity index (χ4v) is 1.17. The molecule has 0 aliphatic heterocycles. The van der Waals surface area contributed by atoms with Crippen molar-refractivity contribution >= 4 is 5.91 Å². The molecule has 0 saturated carbocycles. The SMILES string of the molecule is CCC(=O)NCCCOc1ccccc1F. The molecule has 3 nitrogen and oxygen atoms in total. The molecule has 0 aromatic heterocycles. The van der Waals surface area contributed by atoms with Crippen molar-refractivity contribution in [2.24, 2.45) is 0 Å². The van der Waals surface area contributed by atoms with Gasteiger partial charge in [0.1, 0.15) is 0 Å². The summed E-state index contributed by atoms with van der Waals surface area (Å²) in [5, 5.41) is 2.72. The van der Waals surface area contributed by atoms with Crippen molar-refractivity contribution in [2.45, 2.75) is 19.8 Å². The van der Waals surface area contributed by atoms with Crippen molar-refractivity contribution in [3.05, 3.63) is 30.1 Å². The van der Waals surface area contributed by atoms with Crippen LogP contribution in [0.2, 0.25) is 0 Å². The zero-order chi connectivity index (χ0) is 11.8. The van der Waals surface area contributed by atoms with E-state index in [1.807, 2.05) is 0 Å². The summed E-state index contributed by atoms with van der Waals surface area (Å²) >= 11 is 0. The van der Waals surface area contributed by atoms with Gasteiger partial charge < -0.3 is 10.1 Å². The Morgan fingerprint density at radius 3 is 2.88 bits per heavy atom. The van der Waals surface area contributed by atoms with Crippen molar-refractivity contribution in [3.63, 3.8) is 0 Å². The Balaban J connectivity index is 2.17. The summed E-state index contributed by atoms with van der Waals surface area (Å²) in [6, 6.07) is 6.27. The van der Waals surface area contributed by atoms with E-state index in [1.54, 1.807) is 25.1 Å². The average molecular weight is 225 g/mol. The van der Waals surface area contributed by atoms with E-state index >= 15 is 0 Å². The van der Waals surface area contributed by atoms with Crippen LogP contribution >= 0.6 is 0 Å². The number of hydrogen-bond acceptors (Lipinski definition) is 2. The fraction of sp³-hybridized carbons (Fsp3) is 0.417. The summed E-state index contributed by atoms with van der Waals surface area (Å²) in [5.41, 5.74) is 0. The highest BCUT2D eigenvalue weighted by Gasteiger charge is 2.00. The largest absolute Gasteiger partial charge is 0.490 e. The highest BCUT2D eigenvalue weighted by atomic mass is 19.1. The molecule has 4 heteroatoms. The van der Waals surface area contributed by atoms with Gasteiger partial charge in [-0.3, -0.25) is 4.79 Å². The second kappa shape index (κ2) is 6.82. The van der Waals surface area contributed by atoms with Crippen molar-refractivity contribution < 1.29 is 13.9 Å². The number of para-hydroxylation sites is 1. The van der Waals surface area contributed by atoms with Gasteiger partial charge in [0, 0.05) is 13.0 Å². The summed E-state index contributed by atoms with van der Waals surface area (Å²) in [6.45, 7) is 2.75. The summed E-state index contributed by atoms with van der Waals surface area (Å²) in [4.78, 5) is 10.9. The lowest BCUT2D eigenvalue weighted by atomic mass is 10.3. The van der Waals surface area contributed by atoms with Gasteiger partial charge in [0.2, 0.25) is 5.91 Å². The van der Waals surface area contributed by atoms with Crippen LogP contribution in [0.5, 0.6) is 5.75 Å². The van der Waals surface area contributed by atoms with E-state index in [1.165, 1.54) is 6.07 Å². The topological polar surface area (TPSA) is 38.3 Å². The van der Waals surface area contributed by atoms with Crippen LogP contribution in [-0.4, -0.2) is 19.1 Å². The summed E-state index contributed by atoms with van der Waals surface area (Å²) < 4.78 is 18.3. The van der Waals surface area contributed by atoms with Crippen molar-refractivity contribution in [2.75, 3.05) is 13.2 Å². The molecule has 0 aliphatic carbocycles. The minimum atomic E-state index is -0.361. The van der Waals surface area contributed by atoms with Gasteiger partial charge in [-0.1, -0.05) is 19.1 Å². The van der Waals surface area contributed by atoms with Gasteiger partial charge in [0.05, 0.1) is 6.61 Å². The zero-order valence-electron chi connectivity index (χ0n) is 9.33. The zero-order valence-corrected chi connectivity index (χ0v) is 9.33. The molecule has 0 heterocycles. The molecular formula is C12H16FNO2. The Labute approximate surface area is 94.6 Å². The quantitative estimate of drug-likeness (QED) is 0.753. The molecule has 0 saturated heterocycles. The Kier molecular flexibility index (Phi) is 5.32. The second-order valence-corrected chi connectivity index (χ2v) is 3.34. The van der Waals surface area contributed by atoms with Crippen LogP contribution in [0, 0.1) is 5.82 Å². The fourth-order valence-electron chi connectivity index (χ4n) is 1.17. The molecule has 16 heavy (non-hydrogen) atoms. The minimum absolute atomic E-state index is 0.0193. The van der Waals surface area contributed by atoms with Crippen LogP contribution in [0.25, 0.3) is 0 Å². The first-order valence-electron chi connectivity index (χ1n) is 5.38. The molecule has 1 N–H and O–H groups in total. The van der Waals surface area contributed by atoms with Crippen molar-refractivity contribution in [3.8, 4) is 5.75 Å². The second-order valence-electron chi connectivity index (χ2n) is 3.34. The molecule has 0 bridgehead atoms. The Morgan fingerprint density at radius 2 is 2.19 bits per heavy atom. The molecule has 0 fully saturated rings. The third kappa shape index (κ3) is 4.29. The predicted molar refractivity (Wildman–Crippen MR) is 59.8 cm³/mol. The molecule has 88 valence electrons. The molecule has 1 aromatic rings. The van der Waals surface area contributed by atoms with Crippen LogP contribution in [-0.2, 0) is 4.79 Å². The molecule has 0 unspecified atom stereocenters. The maximum Gasteiger partial charge on any atom is 0.219 e. The van der Waals surface area contributed by atoms with Crippen LogP contribution in [0.1, 0.15) is 19.8 Å². The van der Waals surface area contributed by atoms with Crippen LogP contribution in [0.3, 0.4) is 0 Å².